The predicted molar refractivity (Wildman–Crippen MR) is 97.9 cm³/mol. The van der Waals surface area contributed by atoms with Crippen molar-refractivity contribution in [3.63, 3.8) is 0 Å². The number of fused-ring (bicyclic) bond motifs is 1. The van der Waals surface area contributed by atoms with E-state index in [-0.39, 0.29) is 35.6 Å². The molecule has 5 atom stereocenters. The lowest BCUT2D eigenvalue weighted by molar-refractivity contribution is -0.175. The quantitative estimate of drug-likeness (QED) is 0.560. The average Bonchev–Trinajstić information content (AvgIpc) is 3.46. The molecule has 1 saturated heterocycles. The molecular formula is C19H29F3N4O3. The summed E-state index contributed by atoms with van der Waals surface area (Å²) in [5, 5.41) is 4.58. The molecule has 3 rings (SSSR count). The van der Waals surface area contributed by atoms with Gasteiger partial charge in [0.15, 0.2) is 0 Å². The second-order valence-corrected chi connectivity index (χ2v) is 9.45. The molecule has 7 nitrogen and oxygen atoms in total. The highest BCUT2D eigenvalue weighted by Crippen LogP contribution is 2.65. The number of nitrogens with zero attached hydrogens (tertiary/aromatic N) is 1. The van der Waals surface area contributed by atoms with Crippen LogP contribution >= 0.6 is 0 Å². The standard InChI is InChI=1S/C19H29F3N4O3/c1-8(2)14(23)25-15(27)13-11-10(18(11,3)4)7-26(13)16(28)12(9-5-6-9)24-17(29)19(20,21)22/h8-14H,5-7,23H2,1-4H3,(H,24,29)(H,25,27)/t10-,11-,12-,13-,14-/m0/s1. The van der Waals surface area contributed by atoms with Gasteiger partial charge >= 0.3 is 12.1 Å². The fourth-order valence-electron chi connectivity index (χ4n) is 4.44. The molecule has 3 aliphatic rings. The number of nitrogens with one attached hydrogen (secondary N) is 2. The maximum Gasteiger partial charge on any atom is 0.471 e. The van der Waals surface area contributed by atoms with Gasteiger partial charge in [0.05, 0.1) is 6.17 Å². The summed E-state index contributed by atoms with van der Waals surface area (Å²) in [7, 11) is 0. The molecule has 29 heavy (non-hydrogen) atoms. The zero-order valence-corrected chi connectivity index (χ0v) is 17.0. The number of likely N-dealkylation sites (tertiary alicyclic amines) is 1. The first-order valence-corrected chi connectivity index (χ1v) is 10.0. The molecule has 0 spiro atoms. The van der Waals surface area contributed by atoms with Crippen LogP contribution in [0.25, 0.3) is 0 Å². The third-order valence-electron chi connectivity index (χ3n) is 6.69. The minimum Gasteiger partial charge on any atom is -0.339 e. The number of halogens is 3. The van der Waals surface area contributed by atoms with Gasteiger partial charge in [0.2, 0.25) is 11.8 Å². The van der Waals surface area contributed by atoms with Gasteiger partial charge in [0, 0.05) is 6.54 Å². The van der Waals surface area contributed by atoms with Crippen LogP contribution in [-0.4, -0.2) is 53.6 Å². The van der Waals surface area contributed by atoms with E-state index in [1.54, 1.807) is 0 Å². The van der Waals surface area contributed by atoms with Gasteiger partial charge in [-0.15, -0.1) is 0 Å². The molecule has 0 radical (unpaired) electrons. The summed E-state index contributed by atoms with van der Waals surface area (Å²) in [6.07, 6.45) is -4.53. The van der Waals surface area contributed by atoms with Crippen LogP contribution in [0.3, 0.4) is 0 Å². The van der Waals surface area contributed by atoms with E-state index in [0.717, 1.165) is 0 Å². The van der Waals surface area contributed by atoms with Gasteiger partial charge in [0.25, 0.3) is 0 Å². The molecule has 4 N–H and O–H groups in total. The van der Waals surface area contributed by atoms with Crippen LogP contribution in [-0.2, 0) is 14.4 Å². The van der Waals surface area contributed by atoms with Crippen LogP contribution in [0.4, 0.5) is 13.2 Å². The normalized spacial score (nSPS) is 29.8. The molecule has 0 aromatic heterocycles. The Labute approximate surface area is 167 Å². The van der Waals surface area contributed by atoms with Gasteiger partial charge in [-0.25, -0.2) is 0 Å². The highest BCUT2D eigenvalue weighted by molar-refractivity contribution is 5.94. The average molecular weight is 418 g/mol. The van der Waals surface area contributed by atoms with Crippen molar-refractivity contribution in [2.24, 2.45) is 34.8 Å². The first-order valence-electron chi connectivity index (χ1n) is 10.0. The van der Waals surface area contributed by atoms with Crippen LogP contribution in [0.5, 0.6) is 0 Å². The van der Waals surface area contributed by atoms with E-state index in [2.05, 4.69) is 5.32 Å². The molecule has 3 amide bonds. The lowest BCUT2D eigenvalue weighted by Crippen LogP contribution is -2.59. The van der Waals surface area contributed by atoms with Crippen molar-refractivity contribution in [1.82, 2.24) is 15.5 Å². The Morgan fingerprint density at radius 1 is 1.14 bits per heavy atom. The highest BCUT2D eigenvalue weighted by Gasteiger charge is 2.70. The number of alkyl halides is 3. The van der Waals surface area contributed by atoms with Crippen molar-refractivity contribution in [2.75, 3.05) is 6.54 Å². The van der Waals surface area contributed by atoms with Gasteiger partial charge in [0.1, 0.15) is 12.1 Å². The molecule has 2 saturated carbocycles. The summed E-state index contributed by atoms with van der Waals surface area (Å²) >= 11 is 0. The fraction of sp³-hybridized carbons (Fsp3) is 0.842. The van der Waals surface area contributed by atoms with Gasteiger partial charge in [-0.2, -0.15) is 13.2 Å². The number of hydrogen-bond acceptors (Lipinski definition) is 4. The van der Waals surface area contributed by atoms with Gasteiger partial charge in [-0.05, 0) is 41.9 Å². The van der Waals surface area contributed by atoms with Crippen molar-refractivity contribution < 1.29 is 27.6 Å². The van der Waals surface area contributed by atoms with E-state index in [1.807, 2.05) is 33.0 Å². The summed E-state index contributed by atoms with van der Waals surface area (Å²) < 4.78 is 38.1. The molecule has 3 fully saturated rings. The summed E-state index contributed by atoms with van der Waals surface area (Å²) in [6.45, 7) is 8.01. The second-order valence-electron chi connectivity index (χ2n) is 9.45. The smallest absolute Gasteiger partial charge is 0.339 e. The molecule has 2 aliphatic carbocycles. The van der Waals surface area contributed by atoms with E-state index in [0.29, 0.717) is 12.8 Å². The molecule has 1 heterocycles. The van der Waals surface area contributed by atoms with E-state index in [4.69, 9.17) is 5.73 Å². The zero-order chi connectivity index (χ0) is 21.9. The lowest BCUT2D eigenvalue weighted by Gasteiger charge is -2.34. The zero-order valence-electron chi connectivity index (χ0n) is 17.0. The molecule has 0 aromatic carbocycles. The second kappa shape index (κ2) is 7.14. The van der Waals surface area contributed by atoms with Crippen LogP contribution in [0.15, 0.2) is 0 Å². The number of rotatable bonds is 6. The minimum atomic E-state index is -5.07. The molecule has 0 unspecified atom stereocenters. The highest BCUT2D eigenvalue weighted by atomic mass is 19.4. The number of nitrogens with two attached hydrogens (primary N) is 1. The molecular weight excluding hydrogens is 389 g/mol. The minimum absolute atomic E-state index is 0.0159. The van der Waals surface area contributed by atoms with Gasteiger partial charge < -0.3 is 21.3 Å². The SMILES string of the molecule is CC(C)[C@@H](N)NC(=O)[C@@H]1[C@@H]2[C@H](CN1C(=O)[C@@H](NC(=O)C(F)(F)F)C1CC1)C2(C)C. The summed E-state index contributed by atoms with van der Waals surface area (Å²) in [6, 6.07) is -2.06. The maximum atomic E-state index is 13.1. The largest absolute Gasteiger partial charge is 0.471 e. The Balaban J connectivity index is 1.78. The summed E-state index contributed by atoms with van der Waals surface area (Å²) in [5.74, 6) is -3.48. The summed E-state index contributed by atoms with van der Waals surface area (Å²) in [5.41, 5.74) is 5.81. The van der Waals surface area contributed by atoms with E-state index in [1.165, 1.54) is 4.90 Å². The van der Waals surface area contributed by atoms with Crippen molar-refractivity contribution >= 4 is 17.7 Å². The third kappa shape index (κ3) is 4.08. The van der Waals surface area contributed by atoms with Crippen molar-refractivity contribution in [3.05, 3.63) is 0 Å². The Kier molecular flexibility index (Phi) is 5.38. The topological polar surface area (TPSA) is 105 Å². The van der Waals surface area contributed by atoms with Crippen molar-refractivity contribution in [2.45, 2.75) is 65.0 Å². The Morgan fingerprint density at radius 3 is 2.21 bits per heavy atom. The van der Waals surface area contributed by atoms with Crippen molar-refractivity contribution in [3.8, 4) is 0 Å². The third-order valence-corrected chi connectivity index (χ3v) is 6.69. The Hall–Kier alpha value is -1.84. The van der Waals surface area contributed by atoms with Crippen LogP contribution in [0.1, 0.15) is 40.5 Å². The number of piperidine rings is 1. The number of carbonyl (C=O) groups is 3. The Morgan fingerprint density at radius 2 is 1.72 bits per heavy atom. The van der Waals surface area contributed by atoms with E-state index < -0.39 is 42.1 Å². The van der Waals surface area contributed by atoms with Crippen molar-refractivity contribution in [1.29, 1.82) is 0 Å². The number of carbonyl (C=O) groups excluding carboxylic acids is 3. The first kappa shape index (κ1) is 21.9. The van der Waals surface area contributed by atoms with Crippen LogP contribution in [0, 0.1) is 29.1 Å². The predicted octanol–water partition coefficient (Wildman–Crippen LogP) is 0.984. The van der Waals surface area contributed by atoms with E-state index in [9.17, 15) is 27.6 Å². The molecule has 10 heteroatoms. The summed E-state index contributed by atoms with van der Waals surface area (Å²) in [4.78, 5) is 38.9. The van der Waals surface area contributed by atoms with Crippen LogP contribution < -0.4 is 16.4 Å². The number of hydrogen-bond donors (Lipinski definition) is 3. The fourth-order valence-corrected chi connectivity index (χ4v) is 4.44. The molecule has 0 bridgehead atoms. The lowest BCUT2D eigenvalue weighted by atomic mass is 9.98. The van der Waals surface area contributed by atoms with Gasteiger partial charge in [-0.3, -0.25) is 14.4 Å². The monoisotopic (exact) mass is 418 g/mol. The molecule has 0 aromatic rings. The number of amides is 3. The molecule has 164 valence electrons. The molecule has 1 aliphatic heterocycles. The Bertz CT molecular complexity index is 705. The maximum absolute atomic E-state index is 13.1. The van der Waals surface area contributed by atoms with Gasteiger partial charge in [-0.1, -0.05) is 27.7 Å². The van der Waals surface area contributed by atoms with Crippen LogP contribution in [0.2, 0.25) is 0 Å². The first-order chi connectivity index (χ1) is 13.3. The van der Waals surface area contributed by atoms with E-state index >= 15 is 0 Å².